The Hall–Kier alpha value is -3.44. The topological polar surface area (TPSA) is 42.4 Å². The summed E-state index contributed by atoms with van der Waals surface area (Å²) >= 11 is 1.59. The molecule has 32 heavy (non-hydrogen) atoms. The molecule has 0 bridgehead atoms. The van der Waals surface area contributed by atoms with Gasteiger partial charge >= 0.3 is 0 Å². The molecule has 5 heteroatoms. The summed E-state index contributed by atoms with van der Waals surface area (Å²) in [4.78, 5) is 19.5. The minimum atomic E-state index is 0.0173. The summed E-state index contributed by atoms with van der Waals surface area (Å²) in [7, 11) is 0. The third-order valence-electron chi connectivity index (χ3n) is 5.98. The molecule has 4 nitrogen and oxygen atoms in total. The Morgan fingerprint density at radius 2 is 1.69 bits per heavy atom. The number of nitrogens with zero attached hydrogens (tertiary/aromatic N) is 2. The fraction of sp³-hybridized carbons (Fsp3) is 0.185. The first-order valence-electron chi connectivity index (χ1n) is 10.7. The highest BCUT2D eigenvalue weighted by Gasteiger charge is 2.22. The molecule has 3 aromatic carbocycles. The number of carbonyl (C=O) groups is 1. The summed E-state index contributed by atoms with van der Waals surface area (Å²) in [6, 6.07) is 20.5. The number of aryl methyl sites for hydroxylation is 2. The van der Waals surface area contributed by atoms with E-state index in [9.17, 15) is 4.79 Å². The van der Waals surface area contributed by atoms with Crippen LogP contribution < -0.4 is 4.74 Å². The van der Waals surface area contributed by atoms with Crippen LogP contribution in [0.5, 0.6) is 5.75 Å². The number of carbonyl (C=O) groups excluding carboxylic acids is 1. The van der Waals surface area contributed by atoms with Crippen LogP contribution in [0.3, 0.4) is 0 Å². The number of amides is 1. The van der Waals surface area contributed by atoms with Crippen LogP contribution >= 0.6 is 11.3 Å². The van der Waals surface area contributed by atoms with Crippen molar-refractivity contribution in [2.75, 3.05) is 13.2 Å². The lowest BCUT2D eigenvalue weighted by atomic mass is 9.98. The first-order valence-corrected chi connectivity index (χ1v) is 11.6. The Labute approximate surface area is 192 Å². The molecule has 0 atom stereocenters. The molecule has 1 amide bonds. The molecule has 0 unspecified atom stereocenters. The molecule has 4 aromatic rings. The quantitative estimate of drug-likeness (QED) is 0.385. The molecular weight excluding hydrogens is 416 g/mol. The molecular formula is C27H24N2O2S. The highest BCUT2D eigenvalue weighted by Crippen LogP contribution is 2.31. The first-order chi connectivity index (χ1) is 15.6. The fourth-order valence-corrected chi connectivity index (χ4v) is 4.62. The van der Waals surface area contributed by atoms with E-state index >= 15 is 0 Å². The van der Waals surface area contributed by atoms with Crippen molar-refractivity contribution in [2.24, 2.45) is 0 Å². The zero-order valence-electron chi connectivity index (χ0n) is 18.2. The van der Waals surface area contributed by atoms with Gasteiger partial charge in [0.1, 0.15) is 17.4 Å². The zero-order valence-corrected chi connectivity index (χ0v) is 19.0. The van der Waals surface area contributed by atoms with E-state index in [-0.39, 0.29) is 5.91 Å². The van der Waals surface area contributed by atoms with Crippen LogP contribution in [0.4, 0.5) is 0 Å². The second kappa shape index (κ2) is 8.60. The van der Waals surface area contributed by atoms with Crippen LogP contribution in [-0.2, 0) is 6.54 Å². The van der Waals surface area contributed by atoms with Crippen molar-refractivity contribution < 1.29 is 9.53 Å². The fourth-order valence-electron chi connectivity index (χ4n) is 3.97. The molecule has 0 saturated carbocycles. The van der Waals surface area contributed by atoms with Gasteiger partial charge < -0.3 is 9.64 Å². The lowest BCUT2D eigenvalue weighted by molar-refractivity contribution is 0.0733. The Morgan fingerprint density at radius 3 is 2.44 bits per heavy atom. The summed E-state index contributed by atoms with van der Waals surface area (Å²) in [5, 5.41) is 2.91. The number of fused-ring (bicyclic) bond motifs is 1. The Bertz CT molecular complexity index is 1260. The normalized spacial score (nSPS) is 13.2. The SMILES string of the molecule is Cc1ccc(-c2ccc3c(c2)CN(C(=O)c2ccc(-c4nccs4)cc2)CCO3)cc1C. The van der Waals surface area contributed by atoms with E-state index in [0.717, 1.165) is 27.4 Å². The second-order valence-electron chi connectivity index (χ2n) is 8.11. The van der Waals surface area contributed by atoms with E-state index in [4.69, 9.17) is 4.74 Å². The molecule has 1 aromatic heterocycles. The summed E-state index contributed by atoms with van der Waals surface area (Å²) < 4.78 is 5.97. The Kier molecular flexibility index (Phi) is 5.50. The maximum atomic E-state index is 13.3. The van der Waals surface area contributed by atoms with Crippen molar-refractivity contribution in [3.05, 3.63) is 94.5 Å². The average Bonchev–Trinajstić information content (AvgIpc) is 3.27. The van der Waals surface area contributed by atoms with Gasteiger partial charge in [-0.05, 0) is 60.4 Å². The lowest BCUT2D eigenvalue weighted by Gasteiger charge is -2.20. The molecule has 5 rings (SSSR count). The minimum Gasteiger partial charge on any atom is -0.491 e. The Balaban J connectivity index is 1.39. The summed E-state index contributed by atoms with van der Waals surface area (Å²) in [6.07, 6.45) is 1.79. The summed E-state index contributed by atoms with van der Waals surface area (Å²) in [6.45, 7) is 5.82. The highest BCUT2D eigenvalue weighted by atomic mass is 32.1. The number of ether oxygens (including phenoxy) is 1. The predicted octanol–water partition coefficient (Wildman–Crippen LogP) is 6.13. The number of thiazole rings is 1. The maximum absolute atomic E-state index is 13.3. The van der Waals surface area contributed by atoms with Crippen molar-refractivity contribution in [3.8, 4) is 27.4 Å². The van der Waals surface area contributed by atoms with E-state index in [2.05, 4.69) is 49.2 Å². The van der Waals surface area contributed by atoms with Gasteiger partial charge in [0.15, 0.2) is 0 Å². The third kappa shape index (κ3) is 4.04. The van der Waals surface area contributed by atoms with E-state index in [1.165, 1.54) is 16.7 Å². The molecule has 0 aliphatic carbocycles. The number of rotatable bonds is 3. The minimum absolute atomic E-state index is 0.0173. The standard InChI is InChI=1S/C27H24N2O2S/c1-18-3-4-22(15-19(18)2)23-9-10-25-24(16-23)17-29(12-13-31-25)27(30)21-7-5-20(6-8-21)26-28-11-14-32-26/h3-11,14-16H,12-13,17H2,1-2H3. The molecule has 0 radical (unpaired) electrons. The van der Waals surface area contributed by atoms with E-state index < -0.39 is 0 Å². The van der Waals surface area contributed by atoms with Gasteiger partial charge in [-0.1, -0.05) is 36.4 Å². The van der Waals surface area contributed by atoms with Crippen LogP contribution in [0.2, 0.25) is 0 Å². The predicted molar refractivity (Wildman–Crippen MR) is 129 cm³/mol. The van der Waals surface area contributed by atoms with Gasteiger partial charge in [0.2, 0.25) is 0 Å². The summed E-state index contributed by atoms with van der Waals surface area (Å²) in [5.74, 6) is 0.871. The Morgan fingerprint density at radius 1 is 0.938 bits per heavy atom. The van der Waals surface area contributed by atoms with E-state index in [0.29, 0.717) is 25.3 Å². The van der Waals surface area contributed by atoms with Gasteiger partial charge in [0.25, 0.3) is 5.91 Å². The maximum Gasteiger partial charge on any atom is 0.254 e. The van der Waals surface area contributed by atoms with Crippen molar-refractivity contribution in [2.45, 2.75) is 20.4 Å². The molecule has 1 aliphatic heterocycles. The highest BCUT2D eigenvalue weighted by molar-refractivity contribution is 7.13. The molecule has 0 spiro atoms. The van der Waals surface area contributed by atoms with Crippen LogP contribution in [0, 0.1) is 13.8 Å². The summed E-state index contributed by atoms with van der Waals surface area (Å²) in [5.41, 5.74) is 7.61. The van der Waals surface area contributed by atoms with Gasteiger partial charge in [-0.2, -0.15) is 0 Å². The van der Waals surface area contributed by atoms with Crippen molar-refractivity contribution in [1.29, 1.82) is 0 Å². The van der Waals surface area contributed by atoms with Crippen molar-refractivity contribution in [1.82, 2.24) is 9.88 Å². The number of aromatic nitrogens is 1. The average molecular weight is 441 g/mol. The third-order valence-corrected chi connectivity index (χ3v) is 6.80. The molecule has 160 valence electrons. The largest absolute Gasteiger partial charge is 0.491 e. The monoisotopic (exact) mass is 440 g/mol. The second-order valence-corrected chi connectivity index (χ2v) is 9.01. The van der Waals surface area contributed by atoms with Gasteiger partial charge in [-0.25, -0.2) is 4.98 Å². The van der Waals surface area contributed by atoms with Gasteiger partial charge in [0.05, 0.1) is 6.54 Å². The molecule has 2 heterocycles. The first kappa shape index (κ1) is 20.5. The van der Waals surface area contributed by atoms with Gasteiger partial charge in [0, 0.05) is 34.8 Å². The van der Waals surface area contributed by atoms with Crippen LogP contribution in [-0.4, -0.2) is 28.9 Å². The lowest BCUT2D eigenvalue weighted by Crippen LogP contribution is -2.32. The van der Waals surface area contributed by atoms with Gasteiger partial charge in [-0.3, -0.25) is 4.79 Å². The number of benzene rings is 3. The van der Waals surface area contributed by atoms with Crippen LogP contribution in [0.25, 0.3) is 21.7 Å². The molecule has 1 aliphatic rings. The van der Waals surface area contributed by atoms with Crippen molar-refractivity contribution >= 4 is 17.2 Å². The number of hydrogen-bond donors (Lipinski definition) is 0. The smallest absolute Gasteiger partial charge is 0.254 e. The zero-order chi connectivity index (χ0) is 22.1. The van der Waals surface area contributed by atoms with E-state index in [1.807, 2.05) is 40.6 Å². The van der Waals surface area contributed by atoms with Gasteiger partial charge in [-0.15, -0.1) is 11.3 Å². The van der Waals surface area contributed by atoms with Crippen molar-refractivity contribution in [3.63, 3.8) is 0 Å². The van der Waals surface area contributed by atoms with Crippen LogP contribution in [0.15, 0.2) is 72.2 Å². The van der Waals surface area contributed by atoms with E-state index in [1.54, 1.807) is 17.5 Å². The molecule has 0 N–H and O–H groups in total. The molecule has 0 fully saturated rings. The molecule has 0 saturated heterocycles. The number of hydrogen-bond acceptors (Lipinski definition) is 4. The van der Waals surface area contributed by atoms with Crippen LogP contribution in [0.1, 0.15) is 27.0 Å².